The Morgan fingerprint density at radius 1 is 1.14 bits per heavy atom. The number of fused-ring (bicyclic) bond motifs is 2. The fourth-order valence-corrected chi connectivity index (χ4v) is 5.92. The van der Waals surface area contributed by atoms with Crippen LogP contribution in [0.25, 0.3) is 0 Å². The predicted octanol–water partition coefficient (Wildman–Crippen LogP) is 3.78. The lowest BCUT2D eigenvalue weighted by Gasteiger charge is -2.31. The second-order valence-electron chi connectivity index (χ2n) is 10.3. The number of amides is 1. The molecular formula is C29H33F2N3O3. The Labute approximate surface area is 216 Å². The van der Waals surface area contributed by atoms with Gasteiger partial charge in [-0.2, -0.15) is 8.78 Å². The molecule has 8 heteroatoms. The zero-order valence-corrected chi connectivity index (χ0v) is 21.0. The number of nitrogens with zero attached hydrogens (tertiary/aromatic N) is 2. The van der Waals surface area contributed by atoms with Gasteiger partial charge in [0.05, 0.1) is 25.9 Å². The molecular weight excluding hydrogens is 476 g/mol. The van der Waals surface area contributed by atoms with Crippen molar-refractivity contribution in [1.82, 2.24) is 15.1 Å². The molecule has 0 spiro atoms. The largest absolute Gasteiger partial charge is 0.381 e. The third-order valence-corrected chi connectivity index (χ3v) is 7.99. The average Bonchev–Trinajstić information content (AvgIpc) is 3.33. The number of morpholine rings is 1. The van der Waals surface area contributed by atoms with E-state index in [0.717, 1.165) is 67.8 Å². The first-order valence-corrected chi connectivity index (χ1v) is 13.3. The number of benzene rings is 1. The Bertz CT molecular complexity index is 1200. The molecule has 196 valence electrons. The van der Waals surface area contributed by atoms with Crippen LogP contribution < -0.4 is 5.32 Å². The zero-order valence-electron chi connectivity index (χ0n) is 21.0. The Morgan fingerprint density at radius 3 is 2.81 bits per heavy atom. The van der Waals surface area contributed by atoms with E-state index in [2.05, 4.69) is 28.4 Å². The summed E-state index contributed by atoms with van der Waals surface area (Å²) in [4.78, 5) is 17.2. The fraction of sp³-hybridized carbons (Fsp3) is 0.483. The van der Waals surface area contributed by atoms with E-state index >= 15 is 0 Å². The number of carbonyl (C=O) groups is 1. The predicted molar refractivity (Wildman–Crippen MR) is 137 cm³/mol. The highest BCUT2D eigenvalue weighted by molar-refractivity contribution is 5.94. The minimum Gasteiger partial charge on any atom is -0.381 e. The smallest absolute Gasteiger partial charge is 0.287 e. The van der Waals surface area contributed by atoms with Crippen LogP contribution in [0.15, 0.2) is 64.9 Å². The van der Waals surface area contributed by atoms with Crippen LogP contribution >= 0.6 is 0 Å². The summed E-state index contributed by atoms with van der Waals surface area (Å²) < 4.78 is 38.8. The summed E-state index contributed by atoms with van der Waals surface area (Å²) in [5.41, 5.74) is 7.02. The van der Waals surface area contributed by atoms with Gasteiger partial charge in [-0.15, -0.1) is 0 Å². The topological polar surface area (TPSA) is 54.0 Å². The van der Waals surface area contributed by atoms with E-state index in [1.54, 1.807) is 6.08 Å². The molecule has 1 unspecified atom stereocenters. The summed E-state index contributed by atoms with van der Waals surface area (Å²) in [7, 11) is 0. The molecule has 6 rings (SSSR count). The highest BCUT2D eigenvalue weighted by Crippen LogP contribution is 2.36. The number of ether oxygens (including phenoxy) is 2. The van der Waals surface area contributed by atoms with Gasteiger partial charge in [0.1, 0.15) is 0 Å². The van der Waals surface area contributed by atoms with E-state index in [1.807, 2.05) is 11.0 Å². The molecule has 1 atom stereocenters. The molecule has 0 aromatic heterocycles. The lowest BCUT2D eigenvalue weighted by molar-refractivity contribution is 0.0285. The van der Waals surface area contributed by atoms with Gasteiger partial charge in [0.2, 0.25) is 0 Å². The molecule has 1 aromatic carbocycles. The standard InChI is InChI=1S/C29H33F2N3O3/c30-29(31)8-3-24-25(19-32-26(24)18-29)20-4-9-33(10-5-20)11-6-27-23-2-1-22(17-21(23)7-14-37-27)28(35)34-12-15-36-16-13-34/h1-4,8,17-18,27,32H,5-7,9-16,19H2. The van der Waals surface area contributed by atoms with Crippen molar-refractivity contribution in [2.24, 2.45) is 0 Å². The molecule has 0 saturated carbocycles. The van der Waals surface area contributed by atoms with Crippen molar-refractivity contribution in [2.45, 2.75) is 31.3 Å². The summed E-state index contributed by atoms with van der Waals surface area (Å²) in [6, 6.07) is 6.08. The summed E-state index contributed by atoms with van der Waals surface area (Å²) in [5, 5.41) is 3.14. The molecule has 4 aliphatic heterocycles. The van der Waals surface area contributed by atoms with Crippen molar-refractivity contribution in [3.8, 4) is 0 Å². The highest BCUT2D eigenvalue weighted by atomic mass is 19.3. The van der Waals surface area contributed by atoms with Crippen LogP contribution in [0.1, 0.15) is 40.4 Å². The number of carbonyl (C=O) groups excluding carboxylic acids is 1. The van der Waals surface area contributed by atoms with E-state index < -0.39 is 5.92 Å². The summed E-state index contributed by atoms with van der Waals surface area (Å²) in [6.45, 7) is 6.47. The van der Waals surface area contributed by atoms with Crippen molar-refractivity contribution >= 4 is 5.91 Å². The molecule has 1 N–H and O–H groups in total. The molecule has 0 radical (unpaired) electrons. The maximum absolute atomic E-state index is 13.6. The van der Waals surface area contributed by atoms with Crippen LogP contribution in [0.4, 0.5) is 8.78 Å². The first kappa shape index (κ1) is 24.5. The number of hydrogen-bond donors (Lipinski definition) is 1. The first-order chi connectivity index (χ1) is 18.0. The molecule has 1 fully saturated rings. The van der Waals surface area contributed by atoms with Crippen LogP contribution in [0, 0.1) is 0 Å². The SMILES string of the molecule is O=C(c1ccc2c(c1)CCOC2CCN1CC=C(C2=C3C=CC(F)(F)C=C3NC2)CC1)N1CCOCC1. The Hall–Kier alpha value is -2.81. The molecule has 0 bridgehead atoms. The van der Waals surface area contributed by atoms with E-state index in [1.165, 1.54) is 16.7 Å². The van der Waals surface area contributed by atoms with Gasteiger partial charge in [-0.25, -0.2) is 0 Å². The molecule has 1 aromatic rings. The minimum atomic E-state index is -2.88. The molecule has 5 aliphatic rings. The second-order valence-corrected chi connectivity index (χ2v) is 10.3. The van der Waals surface area contributed by atoms with Gasteiger partial charge >= 0.3 is 0 Å². The van der Waals surface area contributed by atoms with Gasteiger partial charge in [0.25, 0.3) is 11.8 Å². The Balaban J connectivity index is 1.07. The van der Waals surface area contributed by atoms with E-state index in [9.17, 15) is 13.6 Å². The van der Waals surface area contributed by atoms with Gasteiger partial charge < -0.3 is 19.7 Å². The highest BCUT2D eigenvalue weighted by Gasteiger charge is 2.32. The lowest BCUT2D eigenvalue weighted by Crippen LogP contribution is -2.40. The summed E-state index contributed by atoms with van der Waals surface area (Å²) >= 11 is 0. The molecule has 37 heavy (non-hydrogen) atoms. The van der Waals surface area contributed by atoms with Crippen molar-refractivity contribution in [3.05, 3.63) is 81.6 Å². The van der Waals surface area contributed by atoms with E-state index in [4.69, 9.17) is 9.47 Å². The van der Waals surface area contributed by atoms with Crippen molar-refractivity contribution < 1.29 is 23.0 Å². The normalized spacial score (nSPS) is 25.2. The van der Waals surface area contributed by atoms with Crippen LogP contribution in [0.3, 0.4) is 0 Å². The molecule has 4 heterocycles. The quantitative estimate of drug-likeness (QED) is 0.655. The van der Waals surface area contributed by atoms with Crippen molar-refractivity contribution in [1.29, 1.82) is 0 Å². The minimum absolute atomic E-state index is 0.0346. The Kier molecular flexibility index (Phi) is 6.73. The maximum atomic E-state index is 13.6. The molecule has 6 nitrogen and oxygen atoms in total. The third-order valence-electron chi connectivity index (χ3n) is 7.99. The number of rotatable bonds is 5. The maximum Gasteiger partial charge on any atom is 0.287 e. The van der Waals surface area contributed by atoms with Crippen LogP contribution in [-0.4, -0.2) is 80.7 Å². The van der Waals surface area contributed by atoms with Crippen molar-refractivity contribution in [3.63, 3.8) is 0 Å². The average molecular weight is 510 g/mol. The van der Waals surface area contributed by atoms with Gasteiger partial charge in [0.15, 0.2) is 0 Å². The number of allylic oxidation sites excluding steroid dienone is 3. The van der Waals surface area contributed by atoms with Crippen LogP contribution in [0.2, 0.25) is 0 Å². The molecule has 1 amide bonds. The molecule has 1 saturated heterocycles. The van der Waals surface area contributed by atoms with E-state index in [0.29, 0.717) is 45.2 Å². The van der Waals surface area contributed by atoms with Gasteiger partial charge in [-0.1, -0.05) is 18.2 Å². The van der Waals surface area contributed by atoms with Gasteiger partial charge in [-0.05, 0) is 59.7 Å². The van der Waals surface area contributed by atoms with Crippen LogP contribution in [-0.2, 0) is 15.9 Å². The zero-order chi connectivity index (χ0) is 25.4. The second kappa shape index (κ2) is 10.2. The van der Waals surface area contributed by atoms with Gasteiger partial charge in [-0.3, -0.25) is 9.69 Å². The van der Waals surface area contributed by atoms with E-state index in [-0.39, 0.29) is 12.0 Å². The van der Waals surface area contributed by atoms with Crippen molar-refractivity contribution in [2.75, 3.05) is 59.1 Å². The van der Waals surface area contributed by atoms with Crippen LogP contribution in [0.5, 0.6) is 0 Å². The number of hydrogen-bond acceptors (Lipinski definition) is 5. The summed E-state index contributed by atoms with van der Waals surface area (Å²) in [5.74, 6) is -2.79. The number of nitrogens with one attached hydrogen (secondary N) is 1. The monoisotopic (exact) mass is 509 g/mol. The lowest BCUT2D eigenvalue weighted by atomic mass is 9.92. The Morgan fingerprint density at radius 2 is 2.00 bits per heavy atom. The van der Waals surface area contributed by atoms with Gasteiger partial charge in [0, 0.05) is 62.2 Å². The molecule has 1 aliphatic carbocycles. The third kappa shape index (κ3) is 5.15. The number of alkyl halides is 2. The summed E-state index contributed by atoms with van der Waals surface area (Å²) in [6.07, 6.45) is 8.49. The number of halogens is 2. The fourth-order valence-electron chi connectivity index (χ4n) is 5.92. The first-order valence-electron chi connectivity index (χ1n) is 13.3.